The molecule has 0 heterocycles. The summed E-state index contributed by atoms with van der Waals surface area (Å²) in [5.74, 6) is -1.24. The number of amides is 2. The molecule has 22 heavy (non-hydrogen) atoms. The van der Waals surface area contributed by atoms with Gasteiger partial charge in [-0.2, -0.15) is 0 Å². The molecular formula is C15H14F2N2O3. The fourth-order valence-corrected chi connectivity index (χ4v) is 1.86. The topological polar surface area (TPSA) is 70.6 Å². The van der Waals surface area contributed by atoms with Gasteiger partial charge in [-0.3, -0.25) is 0 Å². The minimum Gasteiger partial charge on any atom is -0.497 e. The number of carbonyl (C=O) groups is 1. The van der Waals surface area contributed by atoms with Gasteiger partial charge in [0.05, 0.1) is 19.4 Å². The largest absolute Gasteiger partial charge is 0.497 e. The number of hydrogen-bond donors (Lipinski definition) is 3. The summed E-state index contributed by atoms with van der Waals surface area (Å²) in [4.78, 5) is 11.9. The van der Waals surface area contributed by atoms with Crippen LogP contribution in [0.2, 0.25) is 0 Å². The number of urea groups is 1. The van der Waals surface area contributed by atoms with Crippen LogP contribution in [0.15, 0.2) is 36.4 Å². The van der Waals surface area contributed by atoms with Crippen molar-refractivity contribution >= 4 is 17.4 Å². The van der Waals surface area contributed by atoms with E-state index < -0.39 is 24.3 Å². The second kappa shape index (κ2) is 6.86. The van der Waals surface area contributed by atoms with Crippen molar-refractivity contribution in [1.29, 1.82) is 0 Å². The van der Waals surface area contributed by atoms with Crippen LogP contribution < -0.4 is 15.4 Å². The number of ether oxygens (including phenoxy) is 1. The quantitative estimate of drug-likeness (QED) is 0.813. The third-order valence-electron chi connectivity index (χ3n) is 2.89. The molecular weight excluding hydrogens is 294 g/mol. The number of carbonyl (C=O) groups excluding carboxylic acids is 1. The Hall–Kier alpha value is -2.67. The van der Waals surface area contributed by atoms with Crippen molar-refractivity contribution in [1.82, 2.24) is 0 Å². The van der Waals surface area contributed by atoms with Crippen molar-refractivity contribution in [3.8, 4) is 5.75 Å². The molecule has 2 amide bonds. The molecule has 0 aliphatic heterocycles. The second-order valence-electron chi connectivity index (χ2n) is 4.38. The number of hydrogen-bond acceptors (Lipinski definition) is 3. The number of aliphatic hydroxyl groups is 1. The van der Waals surface area contributed by atoms with Crippen molar-refractivity contribution in [3.63, 3.8) is 0 Å². The normalized spacial score (nSPS) is 10.2. The zero-order valence-corrected chi connectivity index (χ0v) is 11.7. The Kier molecular flexibility index (Phi) is 4.90. The highest BCUT2D eigenvalue weighted by molar-refractivity contribution is 6.00. The summed E-state index contributed by atoms with van der Waals surface area (Å²) in [6.45, 7) is -0.666. The smallest absolute Gasteiger partial charge is 0.323 e. The van der Waals surface area contributed by atoms with Gasteiger partial charge in [-0.25, -0.2) is 13.6 Å². The van der Waals surface area contributed by atoms with Gasteiger partial charge < -0.3 is 20.5 Å². The zero-order valence-electron chi connectivity index (χ0n) is 11.7. The maximum Gasteiger partial charge on any atom is 0.323 e. The number of halogens is 2. The third kappa shape index (κ3) is 3.70. The van der Waals surface area contributed by atoms with E-state index in [1.807, 2.05) is 0 Å². The number of aliphatic hydroxyl groups excluding tert-OH is 1. The minimum absolute atomic E-state index is 0.139. The van der Waals surface area contributed by atoms with Gasteiger partial charge in [0, 0.05) is 23.4 Å². The summed E-state index contributed by atoms with van der Waals surface area (Å²) in [5.41, 5.74) is 0.113. The molecule has 2 aromatic rings. The molecule has 0 saturated carbocycles. The Bertz CT molecular complexity index is 692. The van der Waals surface area contributed by atoms with E-state index in [1.54, 1.807) is 24.3 Å². The second-order valence-corrected chi connectivity index (χ2v) is 4.38. The molecule has 3 N–H and O–H groups in total. The first-order valence-electron chi connectivity index (χ1n) is 6.34. The zero-order chi connectivity index (χ0) is 16.1. The van der Waals surface area contributed by atoms with E-state index in [4.69, 9.17) is 9.84 Å². The first kappa shape index (κ1) is 15.7. The first-order chi connectivity index (χ1) is 10.5. The van der Waals surface area contributed by atoms with Gasteiger partial charge in [0.1, 0.15) is 17.4 Å². The van der Waals surface area contributed by atoms with Gasteiger partial charge >= 0.3 is 6.03 Å². The predicted molar refractivity (Wildman–Crippen MR) is 77.9 cm³/mol. The number of methoxy groups -OCH3 is 1. The summed E-state index contributed by atoms with van der Waals surface area (Å²) in [5, 5.41) is 13.9. The Morgan fingerprint density at radius 1 is 1.23 bits per heavy atom. The molecule has 2 aromatic carbocycles. The van der Waals surface area contributed by atoms with Crippen molar-refractivity contribution in [2.24, 2.45) is 0 Å². The average Bonchev–Trinajstić information content (AvgIpc) is 2.47. The maximum atomic E-state index is 13.5. The van der Waals surface area contributed by atoms with E-state index in [-0.39, 0.29) is 11.3 Å². The third-order valence-corrected chi connectivity index (χ3v) is 2.89. The SMILES string of the molecule is COc1cccc(NC(=O)Nc2cc(F)cc(F)c2CO)c1. The predicted octanol–water partition coefficient (Wildman–Crippen LogP) is 3.11. The van der Waals surface area contributed by atoms with E-state index in [9.17, 15) is 13.6 Å². The van der Waals surface area contributed by atoms with Gasteiger partial charge in [-0.05, 0) is 18.2 Å². The van der Waals surface area contributed by atoms with Crippen LogP contribution in [0.3, 0.4) is 0 Å². The summed E-state index contributed by atoms with van der Waals surface area (Å²) in [7, 11) is 1.49. The fourth-order valence-electron chi connectivity index (χ4n) is 1.86. The van der Waals surface area contributed by atoms with Crippen LogP contribution in [0, 0.1) is 11.6 Å². The molecule has 0 radical (unpaired) electrons. The maximum absolute atomic E-state index is 13.5. The number of nitrogens with one attached hydrogen (secondary N) is 2. The molecule has 0 unspecified atom stereocenters. The molecule has 116 valence electrons. The standard InChI is InChI=1S/C15H14F2N2O3/c1-22-11-4-2-3-10(7-11)18-15(21)19-14-6-9(16)5-13(17)12(14)8-20/h2-7,20H,8H2,1H3,(H2,18,19,21). The lowest BCUT2D eigenvalue weighted by Gasteiger charge is -2.12. The molecule has 0 spiro atoms. The highest BCUT2D eigenvalue weighted by atomic mass is 19.1. The van der Waals surface area contributed by atoms with Gasteiger partial charge in [-0.15, -0.1) is 0 Å². The molecule has 0 fully saturated rings. The lowest BCUT2D eigenvalue weighted by atomic mass is 10.1. The van der Waals surface area contributed by atoms with Crippen molar-refractivity contribution in [3.05, 3.63) is 53.6 Å². The van der Waals surface area contributed by atoms with E-state index in [1.165, 1.54) is 7.11 Å². The molecule has 0 bridgehead atoms. The van der Waals surface area contributed by atoms with Gasteiger partial charge in [0.15, 0.2) is 0 Å². The molecule has 2 rings (SSSR count). The van der Waals surface area contributed by atoms with Gasteiger partial charge in [0.2, 0.25) is 0 Å². The van der Waals surface area contributed by atoms with E-state index >= 15 is 0 Å². The summed E-state index contributed by atoms with van der Waals surface area (Å²) < 4.78 is 31.7. The number of anilines is 2. The Morgan fingerprint density at radius 3 is 2.68 bits per heavy atom. The lowest BCUT2D eigenvalue weighted by molar-refractivity contribution is 0.261. The van der Waals surface area contributed by atoms with Crippen molar-refractivity contribution < 1.29 is 23.4 Å². The van der Waals surface area contributed by atoms with Crippen LogP contribution in [0.4, 0.5) is 25.0 Å². The van der Waals surface area contributed by atoms with Crippen molar-refractivity contribution in [2.75, 3.05) is 17.7 Å². The molecule has 0 aromatic heterocycles. The molecule has 0 atom stereocenters. The molecule has 0 aliphatic rings. The van der Waals surface area contributed by atoms with E-state index in [0.29, 0.717) is 17.5 Å². The van der Waals surface area contributed by atoms with Crippen LogP contribution in [0.1, 0.15) is 5.56 Å². The Labute approximate surface area is 125 Å². The van der Waals surface area contributed by atoms with Gasteiger partial charge in [-0.1, -0.05) is 6.07 Å². The van der Waals surface area contributed by atoms with Crippen LogP contribution >= 0.6 is 0 Å². The van der Waals surface area contributed by atoms with Gasteiger partial charge in [0.25, 0.3) is 0 Å². The fraction of sp³-hybridized carbons (Fsp3) is 0.133. The highest BCUT2D eigenvalue weighted by Crippen LogP contribution is 2.22. The highest BCUT2D eigenvalue weighted by Gasteiger charge is 2.13. The minimum atomic E-state index is -0.931. The number of benzene rings is 2. The van der Waals surface area contributed by atoms with Crippen LogP contribution in [0.25, 0.3) is 0 Å². The monoisotopic (exact) mass is 308 g/mol. The molecule has 0 saturated heterocycles. The first-order valence-corrected chi connectivity index (χ1v) is 6.34. The average molecular weight is 308 g/mol. The summed E-state index contributed by atoms with van der Waals surface area (Å²) in [6.07, 6.45) is 0. The van der Waals surface area contributed by atoms with Crippen molar-refractivity contribution in [2.45, 2.75) is 6.61 Å². The van der Waals surface area contributed by atoms with E-state index in [2.05, 4.69) is 10.6 Å². The van der Waals surface area contributed by atoms with Crippen LogP contribution in [-0.2, 0) is 6.61 Å². The van der Waals surface area contributed by atoms with Crippen LogP contribution in [-0.4, -0.2) is 18.2 Å². The molecule has 7 heteroatoms. The summed E-state index contributed by atoms with van der Waals surface area (Å²) in [6, 6.07) is 7.45. The lowest BCUT2D eigenvalue weighted by Crippen LogP contribution is -2.20. The summed E-state index contributed by atoms with van der Waals surface area (Å²) >= 11 is 0. The van der Waals surface area contributed by atoms with E-state index in [0.717, 1.165) is 6.07 Å². The Morgan fingerprint density at radius 2 is 2.00 bits per heavy atom. The van der Waals surface area contributed by atoms with Crippen LogP contribution in [0.5, 0.6) is 5.75 Å². The molecule has 0 aliphatic carbocycles. The molecule has 5 nitrogen and oxygen atoms in total. The number of rotatable bonds is 4. The Balaban J connectivity index is 2.15.